The zero-order valence-electron chi connectivity index (χ0n) is 13.6. The van der Waals surface area contributed by atoms with Gasteiger partial charge in [-0.2, -0.15) is 4.98 Å². The van der Waals surface area contributed by atoms with Crippen LogP contribution < -0.4 is 10.6 Å². The van der Waals surface area contributed by atoms with Crippen LogP contribution in [0.1, 0.15) is 12.6 Å². The highest BCUT2D eigenvalue weighted by Gasteiger charge is 2.07. The molecule has 0 unspecified atom stereocenters. The van der Waals surface area contributed by atoms with Gasteiger partial charge in [0.1, 0.15) is 5.82 Å². The number of nitrogens with one attached hydrogen (secondary N) is 2. The molecule has 0 atom stereocenters. The highest BCUT2D eigenvalue weighted by molar-refractivity contribution is 5.60. The van der Waals surface area contributed by atoms with Gasteiger partial charge in [0.2, 0.25) is 5.95 Å². The second-order valence-corrected chi connectivity index (χ2v) is 5.21. The van der Waals surface area contributed by atoms with Crippen LogP contribution in [0.2, 0.25) is 0 Å². The monoisotopic (exact) mass is 320 g/mol. The van der Waals surface area contributed by atoms with Gasteiger partial charge in [-0.05, 0) is 31.2 Å². The van der Waals surface area contributed by atoms with Crippen LogP contribution in [0, 0.1) is 0 Å². The van der Waals surface area contributed by atoms with Gasteiger partial charge in [-0.15, -0.1) is 0 Å². The summed E-state index contributed by atoms with van der Waals surface area (Å²) in [5.74, 6) is 1.37. The maximum atomic E-state index is 4.52. The molecule has 3 aromatic heterocycles. The minimum absolute atomic E-state index is 0.598. The fourth-order valence-electron chi connectivity index (χ4n) is 2.29. The number of hydrogen-bond donors (Lipinski definition) is 2. The van der Waals surface area contributed by atoms with Crippen LogP contribution in [0.15, 0.2) is 54.9 Å². The predicted octanol–water partition coefficient (Wildman–Crippen LogP) is 3.02. The molecule has 0 saturated carbocycles. The lowest BCUT2D eigenvalue weighted by atomic mass is 10.2. The van der Waals surface area contributed by atoms with Crippen molar-refractivity contribution in [1.82, 2.24) is 19.9 Å². The maximum Gasteiger partial charge on any atom is 0.225 e. The van der Waals surface area contributed by atoms with E-state index in [0.717, 1.165) is 42.4 Å². The number of nitrogens with zero attached hydrogens (tertiary/aromatic N) is 4. The van der Waals surface area contributed by atoms with Crippen molar-refractivity contribution >= 4 is 11.8 Å². The van der Waals surface area contributed by atoms with Gasteiger partial charge in [0, 0.05) is 43.7 Å². The van der Waals surface area contributed by atoms with Crippen molar-refractivity contribution in [2.24, 2.45) is 0 Å². The fourth-order valence-corrected chi connectivity index (χ4v) is 2.29. The molecule has 2 N–H and O–H groups in total. The quantitative estimate of drug-likeness (QED) is 0.697. The van der Waals surface area contributed by atoms with Gasteiger partial charge in [0.25, 0.3) is 0 Å². The average molecular weight is 320 g/mol. The fraction of sp³-hybridized carbons (Fsp3) is 0.222. The Kier molecular flexibility index (Phi) is 5.29. The highest BCUT2D eigenvalue weighted by atomic mass is 15.1. The summed E-state index contributed by atoms with van der Waals surface area (Å²) in [6, 6.07) is 13.6. The average Bonchev–Trinajstić information content (AvgIpc) is 2.63. The molecule has 6 heteroatoms. The van der Waals surface area contributed by atoms with E-state index < -0.39 is 0 Å². The summed E-state index contributed by atoms with van der Waals surface area (Å²) in [6.07, 6.45) is 4.40. The van der Waals surface area contributed by atoms with Gasteiger partial charge in [0.15, 0.2) is 0 Å². The topological polar surface area (TPSA) is 75.6 Å². The SMILES string of the molecule is CCNc1nc(NCCc2ccccn2)cc(-c2ccccn2)n1. The molecule has 0 aliphatic heterocycles. The Morgan fingerprint density at radius 3 is 2.42 bits per heavy atom. The summed E-state index contributed by atoms with van der Waals surface area (Å²) in [6.45, 7) is 3.53. The Morgan fingerprint density at radius 1 is 0.875 bits per heavy atom. The van der Waals surface area contributed by atoms with Gasteiger partial charge < -0.3 is 10.6 Å². The molecule has 0 saturated heterocycles. The molecule has 122 valence electrons. The summed E-state index contributed by atoms with van der Waals surface area (Å²) < 4.78 is 0. The molecular weight excluding hydrogens is 300 g/mol. The van der Waals surface area contributed by atoms with Crippen LogP contribution in [-0.2, 0) is 6.42 Å². The third-order valence-corrected chi connectivity index (χ3v) is 3.40. The van der Waals surface area contributed by atoms with Crippen LogP contribution in [-0.4, -0.2) is 33.0 Å². The minimum Gasteiger partial charge on any atom is -0.369 e. The summed E-state index contributed by atoms with van der Waals surface area (Å²) in [7, 11) is 0. The molecule has 0 aliphatic carbocycles. The smallest absolute Gasteiger partial charge is 0.225 e. The first kappa shape index (κ1) is 15.9. The van der Waals surface area contributed by atoms with Gasteiger partial charge in [0.05, 0.1) is 11.4 Å². The maximum absolute atomic E-state index is 4.52. The Hall–Kier alpha value is -3.02. The zero-order chi connectivity index (χ0) is 16.6. The van der Waals surface area contributed by atoms with Gasteiger partial charge in [-0.3, -0.25) is 9.97 Å². The number of hydrogen-bond acceptors (Lipinski definition) is 6. The van der Waals surface area contributed by atoms with E-state index in [1.165, 1.54) is 0 Å². The largest absolute Gasteiger partial charge is 0.369 e. The highest BCUT2D eigenvalue weighted by Crippen LogP contribution is 2.19. The van der Waals surface area contributed by atoms with Crippen molar-refractivity contribution < 1.29 is 0 Å². The first-order chi connectivity index (χ1) is 11.8. The number of pyridine rings is 2. The molecule has 3 aromatic rings. The second-order valence-electron chi connectivity index (χ2n) is 5.21. The number of rotatable bonds is 7. The molecule has 0 spiro atoms. The van der Waals surface area contributed by atoms with Crippen molar-refractivity contribution in [3.05, 3.63) is 60.6 Å². The molecule has 3 rings (SSSR count). The molecular formula is C18H20N6. The van der Waals surface area contributed by atoms with Gasteiger partial charge in [-0.25, -0.2) is 4.98 Å². The molecule has 0 amide bonds. The Morgan fingerprint density at radius 2 is 1.71 bits per heavy atom. The van der Waals surface area contributed by atoms with E-state index in [9.17, 15) is 0 Å². The van der Waals surface area contributed by atoms with Crippen molar-refractivity contribution in [3.63, 3.8) is 0 Å². The standard InChI is InChI=1S/C18H20N6/c1-2-19-18-23-16(15-8-4-6-11-21-15)13-17(24-18)22-12-9-14-7-3-5-10-20-14/h3-8,10-11,13H,2,9,12H2,1H3,(H2,19,22,23,24). The van der Waals surface area contributed by atoms with E-state index in [4.69, 9.17) is 0 Å². The van der Waals surface area contributed by atoms with Crippen LogP contribution in [0.4, 0.5) is 11.8 Å². The van der Waals surface area contributed by atoms with Crippen LogP contribution in [0.3, 0.4) is 0 Å². The predicted molar refractivity (Wildman–Crippen MR) is 95.9 cm³/mol. The second kappa shape index (κ2) is 8.01. The normalized spacial score (nSPS) is 10.4. The van der Waals surface area contributed by atoms with Crippen molar-refractivity contribution in [3.8, 4) is 11.4 Å². The van der Waals surface area contributed by atoms with E-state index >= 15 is 0 Å². The molecule has 0 aliphatic rings. The zero-order valence-corrected chi connectivity index (χ0v) is 13.6. The molecule has 3 heterocycles. The number of aromatic nitrogens is 4. The van der Waals surface area contributed by atoms with Gasteiger partial charge >= 0.3 is 0 Å². The molecule has 0 aromatic carbocycles. The van der Waals surface area contributed by atoms with Crippen molar-refractivity contribution in [2.45, 2.75) is 13.3 Å². The van der Waals surface area contributed by atoms with E-state index in [-0.39, 0.29) is 0 Å². The lowest BCUT2D eigenvalue weighted by molar-refractivity contribution is 0.950. The minimum atomic E-state index is 0.598. The van der Waals surface area contributed by atoms with Crippen molar-refractivity contribution in [1.29, 1.82) is 0 Å². The third kappa shape index (κ3) is 4.25. The summed E-state index contributed by atoms with van der Waals surface area (Å²) in [4.78, 5) is 17.7. The van der Waals surface area contributed by atoms with Gasteiger partial charge in [-0.1, -0.05) is 12.1 Å². The molecule has 0 fully saturated rings. The van der Waals surface area contributed by atoms with Crippen LogP contribution in [0.25, 0.3) is 11.4 Å². The first-order valence-electron chi connectivity index (χ1n) is 8.03. The summed E-state index contributed by atoms with van der Waals surface area (Å²) >= 11 is 0. The Labute approximate surface area is 141 Å². The lowest BCUT2D eigenvalue weighted by Crippen LogP contribution is -2.10. The molecule has 6 nitrogen and oxygen atoms in total. The van der Waals surface area contributed by atoms with Crippen LogP contribution in [0.5, 0.6) is 0 Å². The lowest BCUT2D eigenvalue weighted by Gasteiger charge is -2.10. The van der Waals surface area contributed by atoms with E-state index in [2.05, 4.69) is 30.6 Å². The molecule has 24 heavy (non-hydrogen) atoms. The Balaban J connectivity index is 1.75. The van der Waals surface area contributed by atoms with E-state index in [0.29, 0.717) is 5.95 Å². The molecule has 0 radical (unpaired) electrons. The summed E-state index contributed by atoms with van der Waals surface area (Å²) in [5.41, 5.74) is 2.67. The van der Waals surface area contributed by atoms with Crippen LogP contribution >= 0.6 is 0 Å². The number of anilines is 2. The third-order valence-electron chi connectivity index (χ3n) is 3.40. The summed E-state index contributed by atoms with van der Waals surface area (Å²) in [5, 5.41) is 6.51. The Bertz CT molecular complexity index is 761. The van der Waals surface area contributed by atoms with E-state index in [1.807, 2.05) is 55.6 Å². The first-order valence-corrected chi connectivity index (χ1v) is 8.03. The van der Waals surface area contributed by atoms with Crippen molar-refractivity contribution in [2.75, 3.05) is 23.7 Å². The molecule has 0 bridgehead atoms. The van der Waals surface area contributed by atoms with E-state index in [1.54, 1.807) is 6.20 Å².